The Morgan fingerprint density at radius 2 is 1.74 bits per heavy atom. The van der Waals surface area contributed by atoms with Gasteiger partial charge in [-0.3, -0.25) is 0 Å². The minimum absolute atomic E-state index is 0.00473. The lowest BCUT2D eigenvalue weighted by Crippen LogP contribution is -2.10. The van der Waals surface area contributed by atoms with Crippen molar-refractivity contribution in [1.82, 2.24) is 9.78 Å². The molecule has 5 nitrogen and oxygen atoms in total. The highest BCUT2D eigenvalue weighted by molar-refractivity contribution is 5.99. The quantitative estimate of drug-likeness (QED) is 0.549. The highest BCUT2D eigenvalue weighted by Gasteiger charge is 2.36. The number of fused-ring (bicyclic) bond motifs is 1. The molecule has 0 bridgehead atoms. The van der Waals surface area contributed by atoms with Gasteiger partial charge < -0.3 is 9.52 Å². The fraction of sp³-hybridized carbons (Fsp3) is 0.0526. The van der Waals surface area contributed by atoms with Crippen LogP contribution in [0.3, 0.4) is 0 Å². The van der Waals surface area contributed by atoms with E-state index in [1.54, 1.807) is 24.3 Å². The van der Waals surface area contributed by atoms with E-state index in [0.29, 0.717) is 10.8 Å². The van der Waals surface area contributed by atoms with Gasteiger partial charge in [0.2, 0.25) is 0 Å². The number of rotatable bonds is 3. The van der Waals surface area contributed by atoms with Gasteiger partial charge >= 0.3 is 12.1 Å². The van der Waals surface area contributed by atoms with E-state index in [0.717, 1.165) is 10.7 Å². The van der Waals surface area contributed by atoms with Gasteiger partial charge in [0.25, 0.3) is 0 Å². The van der Waals surface area contributed by atoms with Crippen molar-refractivity contribution >= 4 is 16.7 Å². The Balaban J connectivity index is 2.04. The van der Waals surface area contributed by atoms with Gasteiger partial charge in [0.15, 0.2) is 11.5 Å². The smallest absolute Gasteiger partial charge is 0.435 e. The highest BCUT2D eigenvalue weighted by Crippen LogP contribution is 2.34. The molecular weight excluding hydrogens is 361 g/mol. The maximum atomic E-state index is 13.2. The molecule has 0 amide bonds. The molecule has 0 aliphatic rings. The summed E-state index contributed by atoms with van der Waals surface area (Å²) in [5.74, 6) is -1.13. The number of furan rings is 1. The normalized spacial score (nSPS) is 11.8. The molecule has 0 radical (unpaired) electrons. The molecule has 0 saturated carbocycles. The summed E-state index contributed by atoms with van der Waals surface area (Å²) in [7, 11) is 0. The average Bonchev–Trinajstić information content (AvgIpc) is 3.29. The summed E-state index contributed by atoms with van der Waals surface area (Å²) >= 11 is 0. The summed E-state index contributed by atoms with van der Waals surface area (Å²) in [6, 6.07) is 13.7. The van der Waals surface area contributed by atoms with Crippen LogP contribution in [0.5, 0.6) is 0 Å². The minimum atomic E-state index is -4.69. The second kappa shape index (κ2) is 6.01. The van der Waals surface area contributed by atoms with Crippen molar-refractivity contribution in [3.05, 3.63) is 72.1 Å². The summed E-state index contributed by atoms with van der Waals surface area (Å²) in [5, 5.41) is 14.5. The second-order valence-electron chi connectivity index (χ2n) is 5.82. The summed E-state index contributed by atoms with van der Waals surface area (Å²) in [5.41, 5.74) is -1.29. The molecular formula is C19H11F3N2O3. The van der Waals surface area contributed by atoms with Crippen LogP contribution in [0, 0.1) is 0 Å². The van der Waals surface area contributed by atoms with E-state index in [4.69, 9.17) is 4.42 Å². The van der Waals surface area contributed by atoms with Crippen LogP contribution in [-0.4, -0.2) is 20.9 Å². The molecule has 0 atom stereocenters. The number of nitrogens with zero attached hydrogens (tertiary/aromatic N) is 2. The maximum Gasteiger partial charge on any atom is 0.435 e. The molecule has 0 aliphatic carbocycles. The molecule has 0 spiro atoms. The number of carboxylic acids is 1. The van der Waals surface area contributed by atoms with Crippen LogP contribution in [0.4, 0.5) is 13.2 Å². The number of hydrogen-bond acceptors (Lipinski definition) is 3. The lowest BCUT2D eigenvalue weighted by atomic mass is 10.0. The lowest BCUT2D eigenvalue weighted by Gasteiger charge is -2.11. The Morgan fingerprint density at radius 1 is 1.04 bits per heavy atom. The lowest BCUT2D eigenvalue weighted by molar-refractivity contribution is -0.141. The van der Waals surface area contributed by atoms with Crippen LogP contribution < -0.4 is 0 Å². The first-order valence-corrected chi connectivity index (χ1v) is 7.82. The van der Waals surface area contributed by atoms with Crippen LogP contribution in [0.15, 0.2) is 65.3 Å². The van der Waals surface area contributed by atoms with Crippen molar-refractivity contribution in [3.8, 4) is 17.1 Å². The average molecular weight is 372 g/mol. The van der Waals surface area contributed by atoms with E-state index in [-0.39, 0.29) is 22.7 Å². The number of carbonyl (C=O) groups is 1. The Labute approximate surface area is 150 Å². The topological polar surface area (TPSA) is 68.3 Å². The SMILES string of the molecule is O=C(O)c1cc2ccccc2cc1-n1nc(C(F)(F)F)cc1-c1ccco1. The van der Waals surface area contributed by atoms with Gasteiger partial charge in [-0.05, 0) is 35.0 Å². The van der Waals surface area contributed by atoms with Crippen molar-refractivity contribution in [1.29, 1.82) is 0 Å². The van der Waals surface area contributed by atoms with Gasteiger partial charge in [0.05, 0.1) is 17.5 Å². The zero-order chi connectivity index (χ0) is 19.2. The van der Waals surface area contributed by atoms with Crippen molar-refractivity contribution in [2.45, 2.75) is 6.18 Å². The molecule has 0 unspecified atom stereocenters. The molecule has 4 aromatic rings. The predicted molar refractivity (Wildman–Crippen MR) is 90.7 cm³/mol. The second-order valence-corrected chi connectivity index (χ2v) is 5.82. The Morgan fingerprint density at radius 3 is 2.33 bits per heavy atom. The summed E-state index contributed by atoms with van der Waals surface area (Å²) < 4.78 is 45.9. The predicted octanol–water partition coefficient (Wildman–Crippen LogP) is 5.00. The van der Waals surface area contributed by atoms with E-state index in [2.05, 4.69) is 5.10 Å². The third-order valence-corrected chi connectivity index (χ3v) is 4.10. The van der Waals surface area contributed by atoms with E-state index >= 15 is 0 Å². The van der Waals surface area contributed by atoms with Crippen LogP contribution >= 0.6 is 0 Å². The molecule has 2 aromatic carbocycles. The van der Waals surface area contributed by atoms with Gasteiger partial charge in [-0.1, -0.05) is 24.3 Å². The molecule has 0 saturated heterocycles. The number of alkyl halides is 3. The number of aromatic carboxylic acids is 1. The molecule has 2 heterocycles. The molecule has 0 fully saturated rings. The number of carboxylic acid groups (broad SMARTS) is 1. The first-order valence-electron chi connectivity index (χ1n) is 7.82. The standard InChI is InChI=1S/C19H11F3N2O3/c20-19(21,22)17-10-15(16-6-3-7-27-16)24(23-17)14-9-12-5-2-1-4-11(12)8-13(14)18(25)26/h1-10H,(H,25,26). The van der Waals surface area contributed by atoms with Gasteiger partial charge in [-0.2, -0.15) is 18.3 Å². The third-order valence-electron chi connectivity index (χ3n) is 4.10. The van der Waals surface area contributed by atoms with Crippen LogP contribution in [0.25, 0.3) is 27.9 Å². The number of aromatic nitrogens is 2. The monoisotopic (exact) mass is 372 g/mol. The molecule has 27 heavy (non-hydrogen) atoms. The van der Waals surface area contributed by atoms with E-state index in [1.165, 1.54) is 30.5 Å². The Kier molecular flexibility index (Phi) is 3.76. The zero-order valence-electron chi connectivity index (χ0n) is 13.6. The fourth-order valence-electron chi connectivity index (χ4n) is 2.88. The maximum absolute atomic E-state index is 13.2. The van der Waals surface area contributed by atoms with Crippen molar-refractivity contribution in [2.24, 2.45) is 0 Å². The minimum Gasteiger partial charge on any atom is -0.478 e. The van der Waals surface area contributed by atoms with Crippen LogP contribution in [-0.2, 0) is 6.18 Å². The van der Waals surface area contributed by atoms with E-state index in [9.17, 15) is 23.1 Å². The van der Waals surface area contributed by atoms with E-state index < -0.39 is 17.8 Å². The zero-order valence-corrected chi connectivity index (χ0v) is 13.6. The van der Waals surface area contributed by atoms with Crippen molar-refractivity contribution in [3.63, 3.8) is 0 Å². The number of hydrogen-bond donors (Lipinski definition) is 1. The molecule has 2 aromatic heterocycles. The summed E-state index contributed by atoms with van der Waals surface area (Å²) in [6.45, 7) is 0. The molecule has 136 valence electrons. The van der Waals surface area contributed by atoms with Crippen molar-refractivity contribution in [2.75, 3.05) is 0 Å². The van der Waals surface area contributed by atoms with Crippen LogP contribution in [0.1, 0.15) is 16.1 Å². The van der Waals surface area contributed by atoms with Gasteiger partial charge in [0.1, 0.15) is 5.69 Å². The fourth-order valence-corrected chi connectivity index (χ4v) is 2.88. The first kappa shape index (κ1) is 16.9. The summed E-state index contributed by atoms with van der Waals surface area (Å²) in [6.07, 6.45) is -3.37. The first-order chi connectivity index (χ1) is 12.8. The van der Waals surface area contributed by atoms with Gasteiger partial charge in [0, 0.05) is 6.07 Å². The Bertz CT molecular complexity index is 1140. The highest BCUT2D eigenvalue weighted by atomic mass is 19.4. The van der Waals surface area contributed by atoms with Gasteiger partial charge in [-0.25, -0.2) is 9.48 Å². The summed E-state index contributed by atoms with van der Waals surface area (Å²) in [4.78, 5) is 11.8. The Hall–Kier alpha value is -3.55. The number of benzene rings is 2. The number of halogens is 3. The van der Waals surface area contributed by atoms with E-state index in [1.807, 2.05) is 0 Å². The van der Waals surface area contributed by atoms with Gasteiger partial charge in [-0.15, -0.1) is 0 Å². The molecule has 0 aliphatic heterocycles. The van der Waals surface area contributed by atoms with Crippen LogP contribution in [0.2, 0.25) is 0 Å². The largest absolute Gasteiger partial charge is 0.478 e. The molecule has 4 rings (SSSR count). The van der Waals surface area contributed by atoms with Crippen molar-refractivity contribution < 1.29 is 27.5 Å². The molecule has 8 heteroatoms. The molecule has 1 N–H and O–H groups in total. The third kappa shape index (κ3) is 2.95.